The van der Waals surface area contributed by atoms with Crippen LogP contribution in [0, 0.1) is 0 Å². The second-order valence-electron chi connectivity index (χ2n) is 5.64. The highest BCUT2D eigenvalue weighted by molar-refractivity contribution is 7.99. The van der Waals surface area contributed by atoms with Crippen molar-refractivity contribution in [2.45, 2.75) is 25.4 Å². The first-order valence-electron chi connectivity index (χ1n) is 7.74. The molecule has 0 saturated carbocycles. The lowest BCUT2D eigenvalue weighted by molar-refractivity contribution is 0.137. The zero-order chi connectivity index (χ0) is 15.4. The normalized spacial score (nSPS) is 16.5. The van der Waals surface area contributed by atoms with Crippen LogP contribution in [0.1, 0.15) is 18.4 Å². The van der Waals surface area contributed by atoms with Crippen LogP contribution in [0.4, 0.5) is 0 Å². The molecule has 5 heteroatoms. The molecule has 0 spiro atoms. The number of aliphatic hydroxyl groups excluding tert-OH is 1. The zero-order valence-electron chi connectivity index (χ0n) is 12.5. The number of aromatic nitrogens is 1. The summed E-state index contributed by atoms with van der Waals surface area (Å²) in [6.07, 6.45) is 4.21. The van der Waals surface area contributed by atoms with E-state index >= 15 is 0 Å². The number of benzene rings is 1. The van der Waals surface area contributed by atoms with Gasteiger partial charge in [-0.15, -0.1) is 0 Å². The van der Waals surface area contributed by atoms with Gasteiger partial charge in [-0.1, -0.05) is 17.7 Å². The minimum atomic E-state index is 0.197. The molecular weight excluding hydrogens is 316 g/mol. The van der Waals surface area contributed by atoms with E-state index in [1.807, 2.05) is 36.2 Å². The van der Waals surface area contributed by atoms with Crippen molar-refractivity contribution in [3.05, 3.63) is 41.0 Å². The van der Waals surface area contributed by atoms with Gasteiger partial charge in [-0.2, -0.15) is 11.8 Å². The lowest BCUT2D eigenvalue weighted by Gasteiger charge is -2.34. The van der Waals surface area contributed by atoms with Crippen LogP contribution < -0.4 is 0 Å². The first-order valence-corrected chi connectivity index (χ1v) is 9.27. The quantitative estimate of drug-likeness (QED) is 0.905. The van der Waals surface area contributed by atoms with E-state index in [1.54, 1.807) is 0 Å². The minimum absolute atomic E-state index is 0.197. The summed E-state index contributed by atoms with van der Waals surface area (Å²) >= 11 is 8.31. The average molecular weight is 337 g/mol. The largest absolute Gasteiger partial charge is 0.395 e. The fourth-order valence-corrected chi connectivity index (χ4v) is 4.41. The van der Waals surface area contributed by atoms with Crippen LogP contribution >= 0.6 is 23.4 Å². The molecule has 118 valence electrons. The molecule has 22 heavy (non-hydrogen) atoms. The standard InChI is InChI=1S/C17H21ClN2OS/c18-16-4-3-13(17-15(16)2-1-7-19-17)12-20(8-9-21)14-5-10-22-11-6-14/h1-4,7,14,21H,5-6,8-12H2. The topological polar surface area (TPSA) is 36.4 Å². The average Bonchev–Trinajstić information content (AvgIpc) is 2.58. The Bertz CT molecular complexity index is 631. The van der Waals surface area contributed by atoms with Gasteiger partial charge in [-0.25, -0.2) is 0 Å². The summed E-state index contributed by atoms with van der Waals surface area (Å²) in [5.41, 5.74) is 2.16. The van der Waals surface area contributed by atoms with Crippen molar-refractivity contribution in [1.29, 1.82) is 0 Å². The Morgan fingerprint density at radius 2 is 2.09 bits per heavy atom. The summed E-state index contributed by atoms with van der Waals surface area (Å²) in [7, 11) is 0. The predicted octanol–water partition coefficient (Wildman–Crippen LogP) is 3.58. The summed E-state index contributed by atoms with van der Waals surface area (Å²) in [5, 5.41) is 11.2. The Hall–Kier alpha value is -0.810. The van der Waals surface area contributed by atoms with Crippen LogP contribution in [-0.2, 0) is 6.54 Å². The lowest BCUT2D eigenvalue weighted by atomic mass is 10.1. The highest BCUT2D eigenvalue weighted by Gasteiger charge is 2.22. The molecule has 0 radical (unpaired) electrons. The number of aliphatic hydroxyl groups is 1. The molecule has 0 amide bonds. The number of hydrogen-bond acceptors (Lipinski definition) is 4. The Kier molecular flexibility index (Phi) is 5.58. The van der Waals surface area contributed by atoms with Crippen LogP contribution in [0.15, 0.2) is 30.5 Å². The molecule has 0 bridgehead atoms. The molecule has 3 nitrogen and oxygen atoms in total. The third-order valence-corrected chi connectivity index (χ3v) is 5.65. The van der Waals surface area contributed by atoms with Crippen molar-refractivity contribution in [3.8, 4) is 0 Å². The first kappa shape index (κ1) is 16.1. The molecule has 0 unspecified atom stereocenters. The van der Waals surface area contributed by atoms with Crippen LogP contribution in [0.25, 0.3) is 10.9 Å². The van der Waals surface area contributed by atoms with Crippen LogP contribution in [0.3, 0.4) is 0 Å². The van der Waals surface area contributed by atoms with Gasteiger partial charge in [0, 0.05) is 35.7 Å². The molecule has 1 N–H and O–H groups in total. The molecule has 1 aliphatic rings. The van der Waals surface area contributed by atoms with Crippen molar-refractivity contribution in [1.82, 2.24) is 9.88 Å². The number of pyridine rings is 1. The van der Waals surface area contributed by atoms with Crippen molar-refractivity contribution >= 4 is 34.3 Å². The van der Waals surface area contributed by atoms with Gasteiger partial charge in [0.1, 0.15) is 0 Å². The van der Waals surface area contributed by atoms with E-state index in [-0.39, 0.29) is 6.61 Å². The Morgan fingerprint density at radius 1 is 1.27 bits per heavy atom. The van der Waals surface area contributed by atoms with E-state index in [4.69, 9.17) is 11.6 Å². The van der Waals surface area contributed by atoms with Gasteiger partial charge in [0.25, 0.3) is 0 Å². The zero-order valence-corrected chi connectivity index (χ0v) is 14.1. The molecule has 1 aromatic carbocycles. The second kappa shape index (κ2) is 7.64. The third-order valence-electron chi connectivity index (χ3n) is 4.27. The molecule has 0 atom stereocenters. The number of nitrogens with zero attached hydrogens (tertiary/aromatic N) is 2. The van der Waals surface area contributed by atoms with Gasteiger partial charge >= 0.3 is 0 Å². The van der Waals surface area contributed by atoms with Gasteiger partial charge in [-0.05, 0) is 48.1 Å². The maximum absolute atomic E-state index is 9.42. The van der Waals surface area contributed by atoms with Crippen molar-refractivity contribution in [2.75, 3.05) is 24.7 Å². The molecule has 1 aliphatic heterocycles. The van der Waals surface area contributed by atoms with E-state index in [1.165, 1.54) is 29.9 Å². The fraction of sp³-hybridized carbons (Fsp3) is 0.471. The minimum Gasteiger partial charge on any atom is -0.395 e. The monoisotopic (exact) mass is 336 g/mol. The van der Waals surface area contributed by atoms with Gasteiger partial charge in [-0.3, -0.25) is 9.88 Å². The molecule has 3 rings (SSSR count). The SMILES string of the molecule is OCCN(Cc1ccc(Cl)c2cccnc12)C1CCSCC1. The van der Waals surface area contributed by atoms with E-state index in [0.29, 0.717) is 12.6 Å². The summed E-state index contributed by atoms with van der Waals surface area (Å²) in [6, 6.07) is 8.51. The summed E-state index contributed by atoms with van der Waals surface area (Å²) in [6.45, 7) is 1.73. The number of thioether (sulfide) groups is 1. The molecule has 0 aliphatic carbocycles. The number of rotatable bonds is 5. The molecule has 2 aromatic rings. The molecule has 1 fully saturated rings. The van der Waals surface area contributed by atoms with E-state index in [0.717, 1.165) is 22.5 Å². The summed E-state index contributed by atoms with van der Waals surface area (Å²) in [4.78, 5) is 6.92. The van der Waals surface area contributed by atoms with E-state index in [2.05, 4.69) is 16.0 Å². The van der Waals surface area contributed by atoms with Crippen molar-refractivity contribution < 1.29 is 5.11 Å². The lowest BCUT2D eigenvalue weighted by Crippen LogP contribution is -2.39. The number of halogens is 1. The molecule has 1 aromatic heterocycles. The predicted molar refractivity (Wildman–Crippen MR) is 94.6 cm³/mol. The highest BCUT2D eigenvalue weighted by Crippen LogP contribution is 2.28. The van der Waals surface area contributed by atoms with Gasteiger partial charge in [0.15, 0.2) is 0 Å². The molecule has 1 saturated heterocycles. The first-order chi connectivity index (χ1) is 10.8. The smallest absolute Gasteiger partial charge is 0.0761 e. The second-order valence-corrected chi connectivity index (χ2v) is 7.28. The van der Waals surface area contributed by atoms with E-state index < -0.39 is 0 Å². The Morgan fingerprint density at radius 3 is 2.86 bits per heavy atom. The molecular formula is C17H21ClN2OS. The summed E-state index contributed by atoms with van der Waals surface area (Å²) in [5.74, 6) is 2.43. The van der Waals surface area contributed by atoms with Crippen molar-refractivity contribution in [3.63, 3.8) is 0 Å². The highest BCUT2D eigenvalue weighted by atomic mass is 35.5. The third kappa shape index (κ3) is 3.57. The van der Waals surface area contributed by atoms with Gasteiger partial charge < -0.3 is 5.11 Å². The van der Waals surface area contributed by atoms with Crippen LogP contribution in [-0.4, -0.2) is 45.7 Å². The fourth-order valence-electron chi connectivity index (χ4n) is 3.11. The van der Waals surface area contributed by atoms with E-state index in [9.17, 15) is 5.11 Å². The number of fused-ring (bicyclic) bond motifs is 1. The van der Waals surface area contributed by atoms with Gasteiger partial charge in [0.2, 0.25) is 0 Å². The Labute approximate surface area is 140 Å². The van der Waals surface area contributed by atoms with Crippen molar-refractivity contribution in [2.24, 2.45) is 0 Å². The Balaban J connectivity index is 1.87. The summed E-state index contributed by atoms with van der Waals surface area (Å²) < 4.78 is 0. The van der Waals surface area contributed by atoms with Gasteiger partial charge in [0.05, 0.1) is 12.1 Å². The van der Waals surface area contributed by atoms with Crippen LogP contribution in [0.5, 0.6) is 0 Å². The number of hydrogen-bond donors (Lipinski definition) is 1. The maximum atomic E-state index is 9.42. The molecule has 2 heterocycles. The van der Waals surface area contributed by atoms with Crippen LogP contribution in [0.2, 0.25) is 5.02 Å². The maximum Gasteiger partial charge on any atom is 0.0761 e.